The Morgan fingerprint density at radius 3 is 1.06 bits per heavy atom. The van der Waals surface area contributed by atoms with Crippen molar-refractivity contribution in [2.24, 2.45) is 0 Å². The maximum atomic E-state index is 13.6. The van der Waals surface area contributed by atoms with Gasteiger partial charge in [-0.25, -0.2) is 0 Å². The Hall–Kier alpha value is -2.29. The summed E-state index contributed by atoms with van der Waals surface area (Å²) in [5.74, 6) is -0.525. The summed E-state index contributed by atoms with van der Waals surface area (Å²) in [6.45, 7) is 6.86. The van der Waals surface area contributed by atoms with E-state index in [9.17, 15) is 19.0 Å². The SMILES string of the molecule is CCCCC/C=C\C/C=C\C/C=C\CCCCCCCCCCCCCCCCC(=O)OC(/C=C/CCCCCCCCCCC)C(COP(=O)([O-])OCC[N+](C)(C)C)NC(=O)CCCCCCCCCCCCCCCCC/C=C/CCCCCCCC. The Labute approximate surface area is 553 Å². The molecule has 0 aliphatic rings. The van der Waals surface area contributed by atoms with Crippen molar-refractivity contribution < 1.29 is 37.3 Å². The number of allylic oxidation sites excluding steroid dienone is 9. The Kier molecular flexibility index (Phi) is 66.8. The molecule has 0 aromatic carbocycles. The molecule has 9 nitrogen and oxygen atoms in total. The first kappa shape index (κ1) is 86.7. The van der Waals surface area contributed by atoms with Crippen molar-refractivity contribution in [2.75, 3.05) is 40.9 Å². The van der Waals surface area contributed by atoms with Crippen molar-refractivity contribution in [3.63, 3.8) is 0 Å². The second kappa shape index (κ2) is 68.6. The summed E-state index contributed by atoms with van der Waals surface area (Å²) in [6.07, 6.45) is 89.3. The monoisotopic (exact) mass is 1270 g/mol. The number of phosphoric ester groups is 1. The third-order valence-electron chi connectivity index (χ3n) is 17.4. The minimum Gasteiger partial charge on any atom is -0.756 e. The number of esters is 1. The smallest absolute Gasteiger partial charge is 0.306 e. The maximum absolute atomic E-state index is 13.6. The van der Waals surface area contributed by atoms with Gasteiger partial charge in [-0.1, -0.05) is 332 Å². The standard InChI is InChI=1S/C79H149N2O7P/c1-7-10-13-16-19-22-25-27-29-31-33-35-37-39-40-42-44-46-48-50-52-54-57-60-63-66-69-72-79(83)88-77(70-67-64-61-58-55-24-21-18-15-12-9-3)76(75-87-89(84,85)86-74-73-81(4,5)6)80-78(82)71-68-65-62-59-56-53-51-49-47-45-43-41-38-36-34-32-30-28-26-23-20-17-14-11-8-2/h19,22,27-30,33,35,67,70,76-77H,7-18,20-21,23-26,31-32,34,36-66,68-69,71-75H2,1-6H3,(H-,80,82,84,85)/b22-19-,29-27-,30-28+,35-33-,70-67+. The fraction of sp³-hybridized carbons (Fsp3) is 0.848. The number of carbonyl (C=O) groups is 2. The highest BCUT2D eigenvalue weighted by atomic mass is 31.2. The summed E-state index contributed by atoms with van der Waals surface area (Å²) in [6, 6.07) is -0.889. The van der Waals surface area contributed by atoms with E-state index in [0.29, 0.717) is 17.4 Å². The summed E-state index contributed by atoms with van der Waals surface area (Å²) >= 11 is 0. The van der Waals surface area contributed by atoms with Gasteiger partial charge >= 0.3 is 5.97 Å². The molecule has 0 rings (SSSR count). The van der Waals surface area contributed by atoms with Gasteiger partial charge in [0, 0.05) is 12.8 Å². The van der Waals surface area contributed by atoms with Gasteiger partial charge in [0.15, 0.2) is 0 Å². The highest BCUT2D eigenvalue weighted by Crippen LogP contribution is 2.38. The number of rotatable bonds is 71. The van der Waals surface area contributed by atoms with Crippen LogP contribution in [0.4, 0.5) is 0 Å². The normalized spacial score (nSPS) is 13.7. The van der Waals surface area contributed by atoms with Crippen molar-refractivity contribution in [3.05, 3.63) is 60.8 Å². The fourth-order valence-corrected chi connectivity index (χ4v) is 12.2. The molecule has 0 saturated carbocycles. The van der Waals surface area contributed by atoms with Gasteiger partial charge in [-0.15, -0.1) is 0 Å². The van der Waals surface area contributed by atoms with E-state index in [1.54, 1.807) is 0 Å². The van der Waals surface area contributed by atoms with Crippen LogP contribution in [0.3, 0.4) is 0 Å². The van der Waals surface area contributed by atoms with E-state index >= 15 is 0 Å². The van der Waals surface area contributed by atoms with Gasteiger partial charge < -0.3 is 28.5 Å². The number of unbranched alkanes of at least 4 members (excludes halogenated alkanes) is 47. The first-order valence-electron chi connectivity index (χ1n) is 38.6. The largest absolute Gasteiger partial charge is 0.756 e. The third kappa shape index (κ3) is 69.9. The lowest BCUT2D eigenvalue weighted by atomic mass is 10.0. The summed E-state index contributed by atoms with van der Waals surface area (Å²) < 4.78 is 30.5. The molecule has 0 aliphatic carbocycles. The molecule has 522 valence electrons. The van der Waals surface area contributed by atoms with Gasteiger partial charge in [0.1, 0.15) is 19.3 Å². The minimum atomic E-state index is -4.71. The van der Waals surface area contributed by atoms with Crippen LogP contribution in [0.25, 0.3) is 0 Å². The molecule has 3 unspecified atom stereocenters. The predicted molar refractivity (Wildman–Crippen MR) is 385 cm³/mol. The van der Waals surface area contributed by atoms with E-state index in [1.165, 1.54) is 276 Å². The second-order valence-corrected chi connectivity index (χ2v) is 28.9. The summed E-state index contributed by atoms with van der Waals surface area (Å²) in [5.41, 5.74) is 0. The van der Waals surface area contributed by atoms with E-state index < -0.39 is 20.0 Å². The van der Waals surface area contributed by atoms with Crippen molar-refractivity contribution in [2.45, 2.75) is 392 Å². The van der Waals surface area contributed by atoms with Crippen molar-refractivity contribution in [1.29, 1.82) is 0 Å². The molecule has 0 saturated heterocycles. The van der Waals surface area contributed by atoms with Crippen LogP contribution >= 0.6 is 7.82 Å². The van der Waals surface area contributed by atoms with Crippen LogP contribution in [0.2, 0.25) is 0 Å². The van der Waals surface area contributed by atoms with Crippen LogP contribution in [0.5, 0.6) is 0 Å². The first-order valence-corrected chi connectivity index (χ1v) is 40.1. The van der Waals surface area contributed by atoms with Gasteiger partial charge in [-0.2, -0.15) is 0 Å². The molecule has 0 bridgehead atoms. The molecule has 0 spiro atoms. The number of hydrogen-bond donors (Lipinski definition) is 1. The summed E-state index contributed by atoms with van der Waals surface area (Å²) in [5, 5.41) is 3.05. The Morgan fingerprint density at radius 1 is 0.393 bits per heavy atom. The molecule has 1 amide bonds. The van der Waals surface area contributed by atoms with Crippen LogP contribution in [-0.4, -0.2) is 69.4 Å². The average molecular weight is 1270 g/mol. The number of phosphoric acid groups is 1. The minimum absolute atomic E-state index is 0.0212. The Balaban J connectivity index is 4.90. The lowest BCUT2D eigenvalue weighted by Gasteiger charge is -2.30. The number of ether oxygens (including phenoxy) is 1. The zero-order valence-electron chi connectivity index (χ0n) is 59.9. The lowest BCUT2D eigenvalue weighted by molar-refractivity contribution is -0.870. The number of nitrogens with zero attached hydrogens (tertiary/aromatic N) is 1. The maximum Gasteiger partial charge on any atom is 0.306 e. The molecule has 1 N–H and O–H groups in total. The number of amides is 1. The van der Waals surface area contributed by atoms with Gasteiger partial charge in [0.05, 0.1) is 33.8 Å². The highest BCUT2D eigenvalue weighted by molar-refractivity contribution is 7.45. The molecule has 0 heterocycles. The lowest BCUT2D eigenvalue weighted by Crippen LogP contribution is -2.47. The molecule has 10 heteroatoms. The van der Waals surface area contributed by atoms with Crippen LogP contribution in [-0.2, 0) is 27.9 Å². The molecule has 0 radical (unpaired) electrons. The number of quaternary nitrogens is 1. The van der Waals surface area contributed by atoms with Gasteiger partial charge in [0.2, 0.25) is 5.91 Å². The van der Waals surface area contributed by atoms with E-state index in [1.807, 2.05) is 33.3 Å². The van der Waals surface area contributed by atoms with Crippen molar-refractivity contribution in [3.8, 4) is 0 Å². The van der Waals surface area contributed by atoms with Gasteiger partial charge in [-0.05, 0) is 96.0 Å². The van der Waals surface area contributed by atoms with E-state index in [-0.39, 0.29) is 31.5 Å². The Bertz CT molecular complexity index is 1700. The zero-order chi connectivity index (χ0) is 64.9. The first-order chi connectivity index (χ1) is 43.4. The molecular weight excluding hydrogens is 1120 g/mol. The molecule has 0 aromatic rings. The van der Waals surface area contributed by atoms with Crippen molar-refractivity contribution in [1.82, 2.24) is 5.32 Å². The van der Waals surface area contributed by atoms with Crippen LogP contribution in [0, 0.1) is 0 Å². The topological polar surface area (TPSA) is 114 Å². The van der Waals surface area contributed by atoms with E-state index in [2.05, 4.69) is 74.7 Å². The molecule has 89 heavy (non-hydrogen) atoms. The predicted octanol–water partition coefficient (Wildman–Crippen LogP) is 24.3. The third-order valence-corrected chi connectivity index (χ3v) is 18.4. The number of nitrogens with one attached hydrogen (secondary N) is 1. The molecule has 3 atom stereocenters. The highest BCUT2D eigenvalue weighted by Gasteiger charge is 2.27. The zero-order valence-corrected chi connectivity index (χ0v) is 60.8. The molecule has 0 aromatic heterocycles. The van der Waals surface area contributed by atoms with E-state index in [0.717, 1.165) is 70.6 Å². The summed E-state index contributed by atoms with van der Waals surface area (Å²) in [4.78, 5) is 40.3. The van der Waals surface area contributed by atoms with Gasteiger partial charge in [0.25, 0.3) is 7.82 Å². The quantitative estimate of drug-likeness (QED) is 0.0212. The summed E-state index contributed by atoms with van der Waals surface area (Å²) in [7, 11) is 1.20. The molecule has 0 fully saturated rings. The number of likely N-dealkylation sites (N-methyl/N-ethyl adjacent to an activating group) is 1. The van der Waals surface area contributed by atoms with Crippen molar-refractivity contribution >= 4 is 19.7 Å². The Morgan fingerprint density at radius 2 is 0.685 bits per heavy atom. The number of carbonyl (C=O) groups excluding carboxylic acids is 2. The number of hydrogen-bond acceptors (Lipinski definition) is 7. The van der Waals surface area contributed by atoms with Crippen LogP contribution < -0.4 is 10.2 Å². The van der Waals surface area contributed by atoms with Crippen LogP contribution in [0.15, 0.2) is 60.8 Å². The molecular formula is C79H149N2O7P. The van der Waals surface area contributed by atoms with Crippen LogP contribution in [0.1, 0.15) is 380 Å². The van der Waals surface area contributed by atoms with Gasteiger partial charge in [-0.3, -0.25) is 14.2 Å². The average Bonchev–Trinajstić information content (AvgIpc) is 3.71. The molecule has 0 aliphatic heterocycles. The fourth-order valence-electron chi connectivity index (χ4n) is 11.5. The second-order valence-electron chi connectivity index (χ2n) is 27.5. The van der Waals surface area contributed by atoms with E-state index in [4.69, 9.17) is 13.8 Å².